The molecule has 0 bridgehead atoms. The monoisotopic (exact) mass is 248 g/mol. The zero-order valence-electron chi connectivity index (χ0n) is 9.97. The molecule has 0 unspecified atom stereocenters. The Bertz CT molecular complexity index is 553. The van der Waals surface area contributed by atoms with E-state index in [4.69, 9.17) is 4.52 Å². The molecule has 0 aliphatic heterocycles. The van der Waals surface area contributed by atoms with E-state index in [1.807, 2.05) is 0 Å². The molecule has 0 saturated heterocycles. The van der Waals surface area contributed by atoms with E-state index >= 15 is 0 Å². The van der Waals surface area contributed by atoms with Crippen molar-refractivity contribution in [2.45, 2.75) is 13.5 Å². The Labute approximate surface area is 103 Å². The van der Waals surface area contributed by atoms with Gasteiger partial charge in [-0.3, -0.25) is 9.78 Å². The first kappa shape index (κ1) is 12.0. The first-order valence-electron chi connectivity index (χ1n) is 5.26. The van der Waals surface area contributed by atoms with E-state index in [1.54, 1.807) is 14.0 Å². The van der Waals surface area contributed by atoms with Crippen LogP contribution in [0, 0.1) is 6.92 Å². The third-order valence-electron chi connectivity index (χ3n) is 2.09. The van der Waals surface area contributed by atoms with Crippen LogP contribution in [0.5, 0.6) is 0 Å². The number of anilines is 1. The molecule has 2 N–H and O–H groups in total. The summed E-state index contributed by atoms with van der Waals surface area (Å²) in [4.78, 5) is 23.7. The summed E-state index contributed by atoms with van der Waals surface area (Å²) in [6.07, 6.45) is 2.91. The Kier molecular flexibility index (Phi) is 3.46. The maximum Gasteiger partial charge on any atom is 0.272 e. The molecule has 2 aromatic heterocycles. The molecule has 8 heteroatoms. The predicted molar refractivity (Wildman–Crippen MR) is 61.8 cm³/mol. The fourth-order valence-corrected chi connectivity index (χ4v) is 1.25. The highest BCUT2D eigenvalue weighted by atomic mass is 16.5. The van der Waals surface area contributed by atoms with Crippen LogP contribution in [0.3, 0.4) is 0 Å². The molecule has 94 valence electrons. The normalized spacial score (nSPS) is 10.1. The van der Waals surface area contributed by atoms with Gasteiger partial charge in [-0.1, -0.05) is 5.16 Å². The van der Waals surface area contributed by atoms with Crippen molar-refractivity contribution in [2.75, 3.05) is 12.4 Å². The molecule has 0 aromatic carbocycles. The van der Waals surface area contributed by atoms with Crippen molar-refractivity contribution in [3.63, 3.8) is 0 Å². The van der Waals surface area contributed by atoms with Gasteiger partial charge in [0.25, 0.3) is 5.91 Å². The minimum Gasteiger partial charge on any atom is -0.372 e. The molecule has 0 spiro atoms. The van der Waals surface area contributed by atoms with Crippen molar-refractivity contribution in [2.24, 2.45) is 0 Å². The largest absolute Gasteiger partial charge is 0.372 e. The fourth-order valence-electron chi connectivity index (χ4n) is 1.25. The fraction of sp³-hybridized carbons (Fsp3) is 0.300. The van der Waals surface area contributed by atoms with E-state index in [1.165, 1.54) is 12.4 Å². The zero-order valence-corrected chi connectivity index (χ0v) is 9.97. The summed E-state index contributed by atoms with van der Waals surface area (Å²) in [5.41, 5.74) is 0.220. The highest BCUT2D eigenvalue weighted by Crippen LogP contribution is 2.01. The molecule has 0 radical (unpaired) electrons. The number of carbonyl (C=O) groups is 1. The van der Waals surface area contributed by atoms with Crippen molar-refractivity contribution in [3.05, 3.63) is 29.8 Å². The van der Waals surface area contributed by atoms with Gasteiger partial charge in [0.05, 0.1) is 18.9 Å². The molecule has 0 aliphatic carbocycles. The van der Waals surface area contributed by atoms with Gasteiger partial charge in [-0.25, -0.2) is 4.98 Å². The van der Waals surface area contributed by atoms with Crippen LogP contribution in [0.25, 0.3) is 0 Å². The van der Waals surface area contributed by atoms with Gasteiger partial charge in [-0.2, -0.15) is 4.98 Å². The lowest BCUT2D eigenvalue weighted by molar-refractivity contribution is 0.0941. The maximum atomic E-state index is 11.8. The Hall–Kier alpha value is -2.51. The molecular weight excluding hydrogens is 236 g/mol. The maximum absolute atomic E-state index is 11.8. The Morgan fingerprint density at radius 3 is 2.89 bits per heavy atom. The smallest absolute Gasteiger partial charge is 0.272 e. The van der Waals surface area contributed by atoms with Gasteiger partial charge in [0, 0.05) is 7.05 Å². The summed E-state index contributed by atoms with van der Waals surface area (Å²) in [5, 5.41) is 9.04. The molecule has 2 aromatic rings. The molecular formula is C10H12N6O2. The molecule has 8 nitrogen and oxygen atoms in total. The predicted octanol–water partition coefficient (Wildman–Crippen LogP) is 0.140. The van der Waals surface area contributed by atoms with Gasteiger partial charge in [-0.05, 0) is 6.92 Å². The van der Waals surface area contributed by atoms with Crippen molar-refractivity contribution >= 4 is 11.7 Å². The van der Waals surface area contributed by atoms with Crippen LogP contribution < -0.4 is 10.6 Å². The number of aryl methyl sites for hydroxylation is 1. The third-order valence-corrected chi connectivity index (χ3v) is 2.09. The van der Waals surface area contributed by atoms with Crippen molar-refractivity contribution in [3.8, 4) is 0 Å². The van der Waals surface area contributed by atoms with Gasteiger partial charge < -0.3 is 15.2 Å². The van der Waals surface area contributed by atoms with Crippen LogP contribution in [-0.2, 0) is 6.54 Å². The van der Waals surface area contributed by atoms with Crippen molar-refractivity contribution < 1.29 is 9.32 Å². The lowest BCUT2D eigenvalue weighted by atomic mass is 10.4. The third kappa shape index (κ3) is 2.78. The van der Waals surface area contributed by atoms with Gasteiger partial charge >= 0.3 is 0 Å². The van der Waals surface area contributed by atoms with E-state index in [2.05, 4.69) is 30.7 Å². The molecule has 0 saturated carbocycles. The van der Waals surface area contributed by atoms with Crippen molar-refractivity contribution in [1.29, 1.82) is 0 Å². The van der Waals surface area contributed by atoms with Crippen LogP contribution in [-0.4, -0.2) is 33.1 Å². The Balaban J connectivity index is 1.99. The van der Waals surface area contributed by atoms with Gasteiger partial charge in [0.15, 0.2) is 5.82 Å². The number of aromatic nitrogens is 4. The van der Waals surface area contributed by atoms with Crippen LogP contribution in [0.15, 0.2) is 16.9 Å². The summed E-state index contributed by atoms with van der Waals surface area (Å²) in [5.74, 6) is 1.04. The highest BCUT2D eigenvalue weighted by molar-refractivity contribution is 5.92. The number of amides is 1. The number of carbonyl (C=O) groups excluding carboxylic acids is 1. The number of nitrogens with zero attached hydrogens (tertiary/aromatic N) is 4. The minimum atomic E-state index is -0.351. The summed E-state index contributed by atoms with van der Waals surface area (Å²) in [6, 6.07) is 0. The number of rotatable bonds is 4. The number of hydrogen-bond donors (Lipinski definition) is 2. The van der Waals surface area contributed by atoms with Crippen LogP contribution >= 0.6 is 0 Å². The van der Waals surface area contributed by atoms with E-state index < -0.39 is 0 Å². The number of nitrogens with one attached hydrogen (secondary N) is 2. The first-order chi connectivity index (χ1) is 8.69. The summed E-state index contributed by atoms with van der Waals surface area (Å²) in [6.45, 7) is 1.86. The summed E-state index contributed by atoms with van der Waals surface area (Å²) >= 11 is 0. The highest BCUT2D eigenvalue weighted by Gasteiger charge is 2.10. The SMILES string of the molecule is CNc1cncc(C(=O)NCc2nc(C)no2)n1. The molecule has 18 heavy (non-hydrogen) atoms. The van der Waals surface area contributed by atoms with E-state index in [-0.39, 0.29) is 18.1 Å². The second-order valence-electron chi connectivity index (χ2n) is 3.46. The summed E-state index contributed by atoms with van der Waals surface area (Å²) in [7, 11) is 1.70. The van der Waals surface area contributed by atoms with Gasteiger partial charge in [0.2, 0.25) is 5.89 Å². The molecule has 0 atom stereocenters. The average molecular weight is 248 g/mol. The van der Waals surface area contributed by atoms with Crippen LogP contribution in [0.1, 0.15) is 22.2 Å². The lowest BCUT2D eigenvalue weighted by Gasteiger charge is -2.03. The topological polar surface area (TPSA) is 106 Å². The number of hydrogen-bond acceptors (Lipinski definition) is 7. The lowest BCUT2D eigenvalue weighted by Crippen LogP contribution is -2.24. The van der Waals surface area contributed by atoms with Gasteiger partial charge in [0.1, 0.15) is 11.5 Å². The molecule has 1 amide bonds. The quantitative estimate of drug-likeness (QED) is 0.792. The molecule has 2 heterocycles. The zero-order chi connectivity index (χ0) is 13.0. The van der Waals surface area contributed by atoms with E-state index in [9.17, 15) is 4.79 Å². The Morgan fingerprint density at radius 2 is 2.22 bits per heavy atom. The standard InChI is InChI=1S/C10H12N6O2/c1-6-14-9(18-16-6)5-13-10(17)7-3-12-4-8(11-2)15-7/h3-4H,5H2,1-2H3,(H,11,15)(H,13,17). The average Bonchev–Trinajstić information content (AvgIpc) is 2.82. The van der Waals surface area contributed by atoms with E-state index in [0.717, 1.165) is 0 Å². The van der Waals surface area contributed by atoms with Crippen molar-refractivity contribution in [1.82, 2.24) is 25.4 Å². The summed E-state index contributed by atoms with van der Waals surface area (Å²) < 4.78 is 4.87. The second-order valence-corrected chi connectivity index (χ2v) is 3.46. The minimum absolute atomic E-state index is 0.158. The Morgan fingerprint density at radius 1 is 1.39 bits per heavy atom. The molecule has 0 aliphatic rings. The molecule has 0 fully saturated rings. The van der Waals surface area contributed by atoms with Gasteiger partial charge in [-0.15, -0.1) is 0 Å². The van der Waals surface area contributed by atoms with Crippen LogP contribution in [0.4, 0.5) is 5.82 Å². The first-order valence-corrected chi connectivity index (χ1v) is 5.26. The molecule has 2 rings (SSSR count). The van der Waals surface area contributed by atoms with Crippen LogP contribution in [0.2, 0.25) is 0 Å². The second kappa shape index (κ2) is 5.21. The van der Waals surface area contributed by atoms with E-state index in [0.29, 0.717) is 17.5 Å².